The van der Waals surface area contributed by atoms with Crippen molar-refractivity contribution in [2.75, 3.05) is 19.6 Å². The normalized spacial score (nSPS) is 21.9. The number of dihydropyridines is 1. The van der Waals surface area contributed by atoms with Crippen molar-refractivity contribution >= 4 is 0 Å². The van der Waals surface area contributed by atoms with E-state index in [1.54, 1.807) is 0 Å². The van der Waals surface area contributed by atoms with Gasteiger partial charge in [0.2, 0.25) is 0 Å². The molecule has 0 aliphatic carbocycles. The molecule has 0 spiro atoms. The molecule has 2 rings (SSSR count). The molecule has 14 heavy (non-hydrogen) atoms. The van der Waals surface area contributed by atoms with Gasteiger partial charge in [-0.05, 0) is 30.5 Å². The molecular weight excluding hydrogens is 172 g/mol. The monoisotopic (exact) mass is 190 g/mol. The van der Waals surface area contributed by atoms with Gasteiger partial charge in [0.05, 0.1) is 0 Å². The largest absolute Gasteiger partial charge is 0.384 e. The molecule has 0 radical (unpaired) electrons. The van der Waals surface area contributed by atoms with Crippen molar-refractivity contribution in [2.24, 2.45) is 0 Å². The molecule has 0 atom stereocenters. The molecule has 2 aliphatic heterocycles. The highest BCUT2D eigenvalue weighted by Crippen LogP contribution is 2.23. The van der Waals surface area contributed by atoms with Gasteiger partial charge in [0.15, 0.2) is 0 Å². The average molecular weight is 190 g/mol. The Kier molecular flexibility index (Phi) is 3.04. The van der Waals surface area contributed by atoms with Crippen molar-refractivity contribution in [1.82, 2.24) is 10.6 Å². The van der Waals surface area contributed by atoms with Crippen LogP contribution in [0.2, 0.25) is 0 Å². The first-order chi connectivity index (χ1) is 6.92. The Morgan fingerprint density at radius 1 is 1.36 bits per heavy atom. The Balaban J connectivity index is 2.25. The van der Waals surface area contributed by atoms with E-state index in [0.717, 1.165) is 32.5 Å². The molecule has 2 aliphatic rings. The Morgan fingerprint density at radius 2 is 2.29 bits per heavy atom. The maximum absolute atomic E-state index is 3.45. The molecule has 0 amide bonds. The van der Waals surface area contributed by atoms with E-state index in [2.05, 4.69) is 35.8 Å². The zero-order chi connectivity index (χ0) is 9.80. The van der Waals surface area contributed by atoms with Crippen molar-refractivity contribution in [2.45, 2.75) is 19.8 Å². The maximum atomic E-state index is 3.45. The second-order valence-electron chi connectivity index (χ2n) is 3.71. The molecule has 76 valence electrons. The predicted octanol–water partition coefficient (Wildman–Crippen LogP) is 1.73. The van der Waals surface area contributed by atoms with Crippen LogP contribution in [0.5, 0.6) is 0 Å². The van der Waals surface area contributed by atoms with Crippen LogP contribution in [0.3, 0.4) is 0 Å². The van der Waals surface area contributed by atoms with Crippen molar-refractivity contribution < 1.29 is 0 Å². The smallest absolute Gasteiger partial charge is 0.0331 e. The Bertz CT molecular complexity index is 297. The van der Waals surface area contributed by atoms with Crippen molar-refractivity contribution in [3.63, 3.8) is 0 Å². The molecule has 0 saturated heterocycles. The van der Waals surface area contributed by atoms with Crippen LogP contribution < -0.4 is 10.6 Å². The Morgan fingerprint density at radius 3 is 3.00 bits per heavy atom. The summed E-state index contributed by atoms with van der Waals surface area (Å²) in [7, 11) is 0. The fourth-order valence-electron chi connectivity index (χ4n) is 2.04. The van der Waals surface area contributed by atoms with Crippen LogP contribution >= 0.6 is 0 Å². The van der Waals surface area contributed by atoms with E-state index in [-0.39, 0.29) is 0 Å². The van der Waals surface area contributed by atoms with E-state index in [1.165, 1.54) is 16.8 Å². The molecule has 2 N–H and O–H groups in total. The van der Waals surface area contributed by atoms with Gasteiger partial charge in [-0.3, -0.25) is 0 Å². The van der Waals surface area contributed by atoms with Gasteiger partial charge >= 0.3 is 0 Å². The summed E-state index contributed by atoms with van der Waals surface area (Å²) < 4.78 is 0. The lowest BCUT2D eigenvalue weighted by molar-refractivity contribution is 0.702. The number of hydrogen-bond acceptors (Lipinski definition) is 2. The van der Waals surface area contributed by atoms with Crippen LogP contribution in [0.1, 0.15) is 19.8 Å². The summed E-state index contributed by atoms with van der Waals surface area (Å²) in [4.78, 5) is 0. The van der Waals surface area contributed by atoms with Crippen LogP contribution in [0.4, 0.5) is 0 Å². The molecule has 0 fully saturated rings. The Hall–Kier alpha value is -1.02. The molecular formula is C12H18N2. The van der Waals surface area contributed by atoms with Crippen LogP contribution in [-0.2, 0) is 0 Å². The number of rotatable bonds is 2. The summed E-state index contributed by atoms with van der Waals surface area (Å²) in [5.41, 5.74) is 4.34. The third-order valence-corrected chi connectivity index (χ3v) is 2.81. The first-order valence-electron chi connectivity index (χ1n) is 5.45. The van der Waals surface area contributed by atoms with E-state index < -0.39 is 0 Å². The third kappa shape index (κ3) is 1.90. The molecule has 2 nitrogen and oxygen atoms in total. The van der Waals surface area contributed by atoms with Gasteiger partial charge in [-0.2, -0.15) is 0 Å². The minimum atomic E-state index is 0.984. The highest BCUT2D eigenvalue weighted by molar-refractivity contribution is 5.45. The van der Waals surface area contributed by atoms with Crippen molar-refractivity contribution in [3.8, 4) is 0 Å². The van der Waals surface area contributed by atoms with Crippen molar-refractivity contribution in [3.05, 3.63) is 35.1 Å². The minimum absolute atomic E-state index is 0.984. The lowest BCUT2D eigenvalue weighted by Crippen LogP contribution is -2.24. The molecule has 0 bridgehead atoms. The zero-order valence-electron chi connectivity index (χ0n) is 8.77. The summed E-state index contributed by atoms with van der Waals surface area (Å²) in [6, 6.07) is 0. The minimum Gasteiger partial charge on any atom is -0.384 e. The van der Waals surface area contributed by atoms with E-state index in [4.69, 9.17) is 0 Å². The van der Waals surface area contributed by atoms with Gasteiger partial charge in [-0.1, -0.05) is 25.2 Å². The quantitative estimate of drug-likeness (QED) is 0.693. The van der Waals surface area contributed by atoms with E-state index in [0.29, 0.717) is 0 Å². The second kappa shape index (κ2) is 4.47. The lowest BCUT2D eigenvalue weighted by Gasteiger charge is -2.21. The van der Waals surface area contributed by atoms with E-state index in [9.17, 15) is 0 Å². The van der Waals surface area contributed by atoms with E-state index in [1.807, 2.05) is 0 Å². The van der Waals surface area contributed by atoms with Gasteiger partial charge < -0.3 is 10.6 Å². The number of allylic oxidation sites excluding steroid dienone is 3. The highest BCUT2D eigenvalue weighted by Gasteiger charge is 2.12. The zero-order valence-corrected chi connectivity index (χ0v) is 8.77. The van der Waals surface area contributed by atoms with Gasteiger partial charge in [-0.25, -0.2) is 0 Å². The SMILES string of the molecule is CCC1=C(C2=CCNCC2)C=CCN1. The Labute approximate surface area is 85.8 Å². The van der Waals surface area contributed by atoms with Gasteiger partial charge in [0.25, 0.3) is 0 Å². The summed E-state index contributed by atoms with van der Waals surface area (Å²) in [5.74, 6) is 0. The second-order valence-corrected chi connectivity index (χ2v) is 3.71. The topological polar surface area (TPSA) is 24.1 Å². The fraction of sp³-hybridized carbons (Fsp3) is 0.500. The summed E-state index contributed by atoms with van der Waals surface area (Å²) in [5, 5.41) is 6.79. The summed E-state index contributed by atoms with van der Waals surface area (Å²) in [6.45, 7) is 5.32. The standard InChI is InChI=1S/C12H18N2/c1-2-12-11(4-3-7-14-12)10-5-8-13-9-6-10/h3-5,13-14H,2,6-9H2,1H3. The lowest BCUT2D eigenvalue weighted by atomic mass is 9.95. The van der Waals surface area contributed by atoms with Gasteiger partial charge in [-0.15, -0.1) is 0 Å². The van der Waals surface area contributed by atoms with Crippen LogP contribution in [0, 0.1) is 0 Å². The van der Waals surface area contributed by atoms with Crippen molar-refractivity contribution in [1.29, 1.82) is 0 Å². The number of nitrogens with one attached hydrogen (secondary N) is 2. The molecule has 0 aromatic heterocycles. The van der Waals surface area contributed by atoms with E-state index >= 15 is 0 Å². The molecule has 0 unspecified atom stereocenters. The average Bonchev–Trinajstić information content (AvgIpc) is 2.30. The predicted molar refractivity (Wildman–Crippen MR) is 60.0 cm³/mol. The molecule has 2 heterocycles. The number of hydrogen-bond donors (Lipinski definition) is 2. The highest BCUT2D eigenvalue weighted by atomic mass is 14.9. The van der Waals surface area contributed by atoms with Crippen LogP contribution in [0.25, 0.3) is 0 Å². The first kappa shape index (κ1) is 9.53. The van der Waals surface area contributed by atoms with Gasteiger partial charge in [0.1, 0.15) is 0 Å². The molecule has 0 saturated carbocycles. The molecule has 0 aromatic rings. The fourth-order valence-corrected chi connectivity index (χ4v) is 2.04. The first-order valence-corrected chi connectivity index (χ1v) is 5.45. The van der Waals surface area contributed by atoms with Gasteiger partial charge in [0, 0.05) is 18.8 Å². The maximum Gasteiger partial charge on any atom is 0.0331 e. The summed E-state index contributed by atoms with van der Waals surface area (Å²) >= 11 is 0. The third-order valence-electron chi connectivity index (χ3n) is 2.81. The summed E-state index contributed by atoms with van der Waals surface area (Å²) in [6.07, 6.45) is 9.05. The molecule has 2 heteroatoms. The van der Waals surface area contributed by atoms with Crippen LogP contribution in [0.15, 0.2) is 35.1 Å². The molecule has 0 aromatic carbocycles. The van der Waals surface area contributed by atoms with Crippen LogP contribution in [-0.4, -0.2) is 19.6 Å².